The van der Waals surface area contributed by atoms with E-state index in [1.165, 1.54) is 29.4 Å². The molecule has 0 aliphatic heterocycles. The SMILES string of the molecule is CCCCI.CCCCOc1ccc(C=O)cc1.O=CO[O-].O=Cc1ccc(O)cc1.[H-].[K+].[K+]. The number of ether oxygens (including phenoxy) is 1. The van der Waals surface area contributed by atoms with Gasteiger partial charge in [0.1, 0.15) is 24.1 Å². The number of hydrogen-bond donors (Lipinski definition) is 1. The van der Waals surface area contributed by atoms with Gasteiger partial charge in [0.25, 0.3) is 6.47 Å². The summed E-state index contributed by atoms with van der Waals surface area (Å²) in [4.78, 5) is 31.6. The summed E-state index contributed by atoms with van der Waals surface area (Å²) >= 11 is 2.39. The Balaban J connectivity index is -0.000000118. The Bertz CT molecular complexity index is 689. The van der Waals surface area contributed by atoms with Gasteiger partial charge in [-0.05, 0) is 65.8 Å². The van der Waals surface area contributed by atoms with Gasteiger partial charge in [0.2, 0.25) is 0 Å². The van der Waals surface area contributed by atoms with E-state index in [-0.39, 0.29) is 116 Å². The van der Waals surface area contributed by atoms with Gasteiger partial charge in [0, 0.05) is 11.1 Å². The second-order valence-corrected chi connectivity index (χ2v) is 6.91. The summed E-state index contributed by atoms with van der Waals surface area (Å²) in [7, 11) is 0. The second-order valence-electron chi connectivity index (χ2n) is 5.83. The number of hydrogen-bond acceptors (Lipinski definition) is 7. The summed E-state index contributed by atoms with van der Waals surface area (Å²) in [6.45, 7) is 4.90. The molecule has 0 saturated carbocycles. The third kappa shape index (κ3) is 28.9. The van der Waals surface area contributed by atoms with Crippen LogP contribution in [-0.4, -0.2) is 35.2 Å². The predicted molar refractivity (Wildman–Crippen MR) is 128 cm³/mol. The molecule has 2 aromatic carbocycles. The van der Waals surface area contributed by atoms with Crippen LogP contribution in [0.25, 0.3) is 0 Å². The number of aromatic hydroxyl groups is 1. The molecule has 0 unspecified atom stereocenters. The fourth-order valence-electron chi connectivity index (χ4n) is 1.66. The van der Waals surface area contributed by atoms with E-state index >= 15 is 0 Å². The van der Waals surface area contributed by atoms with Gasteiger partial charge >= 0.3 is 103 Å². The first-order chi connectivity index (χ1) is 15.0. The van der Waals surface area contributed by atoms with Crippen molar-refractivity contribution in [2.45, 2.75) is 39.5 Å². The minimum absolute atomic E-state index is 0. The Morgan fingerprint density at radius 2 is 1.30 bits per heavy atom. The zero-order valence-electron chi connectivity index (χ0n) is 20.9. The minimum Gasteiger partial charge on any atom is -1.00 e. The zero-order valence-corrected chi connectivity index (χ0v) is 28.3. The molecule has 0 bridgehead atoms. The number of carbonyl (C=O) groups is 3. The van der Waals surface area contributed by atoms with E-state index in [1.54, 1.807) is 24.3 Å². The number of benzene rings is 2. The van der Waals surface area contributed by atoms with Gasteiger partial charge in [-0.3, -0.25) is 14.4 Å². The van der Waals surface area contributed by atoms with E-state index < -0.39 is 0 Å². The Morgan fingerprint density at radius 3 is 1.61 bits per heavy atom. The van der Waals surface area contributed by atoms with Crippen molar-refractivity contribution in [2.75, 3.05) is 11.0 Å². The van der Waals surface area contributed by atoms with Crippen LogP contribution in [0.4, 0.5) is 0 Å². The van der Waals surface area contributed by atoms with E-state index in [1.807, 2.05) is 12.1 Å². The number of carbonyl (C=O) groups excluding carboxylic acids is 3. The Kier molecular flexibility index (Phi) is 40.7. The van der Waals surface area contributed by atoms with Gasteiger partial charge in [0.05, 0.1) is 6.61 Å². The molecule has 0 spiro atoms. The van der Waals surface area contributed by atoms with E-state index in [0.717, 1.165) is 37.8 Å². The van der Waals surface area contributed by atoms with Crippen molar-refractivity contribution >= 4 is 41.6 Å². The summed E-state index contributed by atoms with van der Waals surface area (Å²) in [5, 5.41) is 17.2. The molecule has 1 N–H and O–H groups in total. The van der Waals surface area contributed by atoms with Gasteiger partial charge in [0.15, 0.2) is 0 Å². The number of rotatable bonds is 9. The average Bonchev–Trinajstić information content (AvgIpc) is 2.82. The Hall–Kier alpha value is 0.813. The molecule has 0 aliphatic rings. The first-order valence-electron chi connectivity index (χ1n) is 9.73. The van der Waals surface area contributed by atoms with E-state index in [0.29, 0.717) is 11.1 Å². The number of alkyl halides is 1. The zero-order chi connectivity index (χ0) is 23.7. The maximum absolute atomic E-state index is 10.3. The molecule has 0 aromatic heterocycles. The molecule has 0 radical (unpaired) electrons. The molecule has 10 heteroatoms. The van der Waals surface area contributed by atoms with Crippen molar-refractivity contribution in [3.05, 3.63) is 59.7 Å². The molecular formula is C23H31IK2O7. The first kappa shape index (κ1) is 41.0. The monoisotopic (exact) mass is 624 g/mol. The summed E-state index contributed by atoms with van der Waals surface area (Å²) in [6.07, 6.45) is 6.47. The summed E-state index contributed by atoms with van der Waals surface area (Å²) < 4.78 is 6.74. The van der Waals surface area contributed by atoms with Crippen molar-refractivity contribution in [2.24, 2.45) is 0 Å². The first-order valence-corrected chi connectivity index (χ1v) is 11.3. The Morgan fingerprint density at radius 1 is 0.879 bits per heavy atom. The summed E-state index contributed by atoms with van der Waals surface area (Å²) in [6, 6.07) is 13.2. The fourth-order valence-corrected chi connectivity index (χ4v) is 2.43. The molecule has 174 valence electrons. The molecule has 33 heavy (non-hydrogen) atoms. The Labute approximate surface area is 296 Å². The maximum atomic E-state index is 10.3. The number of phenols is 1. The third-order valence-corrected chi connectivity index (χ3v) is 4.10. The van der Waals surface area contributed by atoms with E-state index in [2.05, 4.69) is 41.3 Å². The molecule has 0 fully saturated rings. The van der Waals surface area contributed by atoms with Gasteiger partial charge in [-0.15, -0.1) is 0 Å². The minimum atomic E-state index is -0.181. The number of aldehydes is 2. The van der Waals surface area contributed by atoms with E-state index in [9.17, 15) is 9.59 Å². The van der Waals surface area contributed by atoms with Crippen molar-refractivity contribution in [1.29, 1.82) is 0 Å². The van der Waals surface area contributed by atoms with Crippen LogP contribution in [0.2, 0.25) is 0 Å². The molecule has 0 amide bonds. The molecule has 0 saturated heterocycles. The van der Waals surface area contributed by atoms with Crippen LogP contribution >= 0.6 is 22.6 Å². The summed E-state index contributed by atoms with van der Waals surface area (Å²) in [5.74, 6) is 1.01. The smallest absolute Gasteiger partial charge is 1.00 e. The van der Waals surface area contributed by atoms with Crippen LogP contribution in [-0.2, 0) is 9.68 Å². The van der Waals surface area contributed by atoms with E-state index in [4.69, 9.17) is 19.9 Å². The normalized spacial score (nSPS) is 8.12. The standard InChI is InChI=1S/C11H14O2.C7H6O2.C4H9I.CH2O3.2K.H/c1-2-3-8-13-11-6-4-10(9-12)5-7-11;8-5-6-1-3-7(9)4-2-6;1-2-3-4-5;2-1-4-3;;;/h4-7,9H,2-3,8H2,1H3;1-5,9H;2-4H2,1H3;1,3H;;;/q;;;;2*+1;-1/p-1. The number of phenolic OH excluding ortho intramolecular Hbond substituents is 1. The maximum Gasteiger partial charge on any atom is 1.00 e. The summed E-state index contributed by atoms with van der Waals surface area (Å²) in [5.41, 5.74) is 1.26. The van der Waals surface area contributed by atoms with Gasteiger partial charge in [-0.25, -0.2) is 0 Å². The third-order valence-electron chi connectivity index (χ3n) is 3.34. The quantitative estimate of drug-likeness (QED) is 0.0700. The van der Waals surface area contributed by atoms with Crippen LogP contribution in [0.5, 0.6) is 11.5 Å². The molecule has 0 atom stereocenters. The molecule has 2 aromatic rings. The second kappa shape index (κ2) is 32.8. The van der Waals surface area contributed by atoms with Crippen LogP contribution in [0.15, 0.2) is 48.5 Å². The van der Waals surface area contributed by atoms with Crippen molar-refractivity contribution in [3.8, 4) is 11.5 Å². The van der Waals surface area contributed by atoms with Gasteiger partial charge in [-0.1, -0.05) is 49.3 Å². The molecule has 2 rings (SSSR count). The average molecular weight is 625 g/mol. The van der Waals surface area contributed by atoms with Crippen molar-refractivity contribution in [1.82, 2.24) is 0 Å². The molecule has 0 heterocycles. The van der Waals surface area contributed by atoms with Crippen LogP contribution < -0.4 is 113 Å². The largest absolute Gasteiger partial charge is 1.00 e. The molecule has 7 nitrogen and oxygen atoms in total. The van der Waals surface area contributed by atoms with Crippen molar-refractivity contribution < 1.29 is 139 Å². The molecular weight excluding hydrogens is 593 g/mol. The fraction of sp³-hybridized carbons (Fsp3) is 0.348. The molecule has 0 aliphatic carbocycles. The topological polar surface area (TPSA) is 113 Å². The van der Waals surface area contributed by atoms with Crippen molar-refractivity contribution in [3.63, 3.8) is 0 Å². The predicted octanol–water partition coefficient (Wildman–Crippen LogP) is -1.34. The van der Waals surface area contributed by atoms with Crippen LogP contribution in [0.1, 0.15) is 61.7 Å². The van der Waals surface area contributed by atoms with Gasteiger partial charge in [-0.2, -0.15) is 0 Å². The van der Waals surface area contributed by atoms with Gasteiger partial charge < -0.3 is 21.4 Å². The van der Waals surface area contributed by atoms with Crippen LogP contribution in [0.3, 0.4) is 0 Å². The number of halogens is 1. The number of unbranched alkanes of at least 4 members (excludes halogenated alkanes) is 2. The van der Waals surface area contributed by atoms with Crippen LogP contribution in [0, 0.1) is 0 Å².